The van der Waals surface area contributed by atoms with Gasteiger partial charge in [-0.3, -0.25) is 4.79 Å². The third-order valence-corrected chi connectivity index (χ3v) is 4.45. The zero-order valence-electron chi connectivity index (χ0n) is 12.3. The van der Waals surface area contributed by atoms with Gasteiger partial charge in [-0.05, 0) is 38.2 Å². The molecule has 3 rings (SSSR count). The van der Waals surface area contributed by atoms with E-state index in [4.69, 9.17) is 5.73 Å². The van der Waals surface area contributed by atoms with Crippen molar-refractivity contribution in [1.82, 2.24) is 4.90 Å². The Hall–Kier alpha value is -1.20. The van der Waals surface area contributed by atoms with Crippen LogP contribution in [0.1, 0.15) is 37.7 Å². The van der Waals surface area contributed by atoms with Crippen molar-refractivity contribution in [3.8, 4) is 0 Å². The average molecular weight is 331 g/mol. The number of nitrogens with zero attached hydrogens (tertiary/aromatic N) is 1. The number of halogens is 3. The van der Waals surface area contributed by atoms with Gasteiger partial charge in [-0.1, -0.05) is 6.07 Å². The number of hydrogen-bond acceptors (Lipinski definition) is 2. The molecule has 1 aromatic rings. The number of hydrogen-bond donors (Lipinski definition) is 1. The second-order valence-corrected chi connectivity index (χ2v) is 6.20. The standard InChI is InChI=1S/C16H20F2N2O.ClH/c17-12-3-1-11(15(18)8-12)9-20(14-5-6-14)16(21)10-2-4-13(19)7-10;/h1,3,8,10,13-14H,2,4-7,9,19H2;1H. The minimum absolute atomic E-state index is 0. The van der Waals surface area contributed by atoms with Gasteiger partial charge in [-0.15, -0.1) is 12.4 Å². The molecule has 2 fully saturated rings. The molecule has 1 amide bonds. The molecule has 0 bridgehead atoms. The lowest BCUT2D eigenvalue weighted by molar-refractivity contribution is -0.136. The van der Waals surface area contributed by atoms with Crippen LogP contribution in [0.3, 0.4) is 0 Å². The molecule has 0 heterocycles. The highest BCUT2D eigenvalue weighted by atomic mass is 35.5. The zero-order chi connectivity index (χ0) is 15.0. The van der Waals surface area contributed by atoms with E-state index < -0.39 is 11.6 Å². The van der Waals surface area contributed by atoms with Crippen LogP contribution in [0, 0.1) is 17.6 Å². The molecule has 6 heteroatoms. The molecular weight excluding hydrogens is 310 g/mol. The Bertz CT molecular complexity index is 551. The first-order valence-corrected chi connectivity index (χ1v) is 7.54. The SMILES string of the molecule is Cl.NC1CCC(C(=O)N(Cc2ccc(F)cc2F)C2CC2)C1. The molecule has 0 saturated heterocycles. The van der Waals surface area contributed by atoms with E-state index in [2.05, 4.69) is 0 Å². The Morgan fingerprint density at radius 3 is 2.50 bits per heavy atom. The van der Waals surface area contributed by atoms with Crippen molar-refractivity contribution in [2.24, 2.45) is 11.7 Å². The number of rotatable bonds is 4. The number of amides is 1. The minimum Gasteiger partial charge on any atom is -0.335 e. The third kappa shape index (κ3) is 3.76. The first-order valence-electron chi connectivity index (χ1n) is 7.54. The quantitative estimate of drug-likeness (QED) is 0.922. The van der Waals surface area contributed by atoms with Gasteiger partial charge in [0, 0.05) is 36.2 Å². The average Bonchev–Trinajstić information content (AvgIpc) is 3.18. The summed E-state index contributed by atoms with van der Waals surface area (Å²) >= 11 is 0. The van der Waals surface area contributed by atoms with E-state index in [9.17, 15) is 13.6 Å². The fraction of sp³-hybridized carbons (Fsp3) is 0.562. The summed E-state index contributed by atoms with van der Waals surface area (Å²) in [5.41, 5.74) is 6.25. The molecule has 2 atom stereocenters. The Morgan fingerprint density at radius 1 is 1.23 bits per heavy atom. The van der Waals surface area contributed by atoms with Gasteiger partial charge >= 0.3 is 0 Å². The van der Waals surface area contributed by atoms with Crippen molar-refractivity contribution in [1.29, 1.82) is 0 Å². The van der Waals surface area contributed by atoms with Crippen LogP contribution >= 0.6 is 12.4 Å². The number of carbonyl (C=O) groups is 1. The smallest absolute Gasteiger partial charge is 0.226 e. The predicted molar refractivity (Wildman–Crippen MR) is 82.5 cm³/mol. The fourth-order valence-electron chi connectivity index (χ4n) is 3.08. The highest BCUT2D eigenvalue weighted by Crippen LogP contribution is 2.34. The molecule has 0 aromatic heterocycles. The molecule has 0 spiro atoms. The highest BCUT2D eigenvalue weighted by Gasteiger charge is 2.38. The molecule has 2 unspecified atom stereocenters. The monoisotopic (exact) mass is 330 g/mol. The largest absolute Gasteiger partial charge is 0.335 e. The lowest BCUT2D eigenvalue weighted by Gasteiger charge is -2.26. The Labute approximate surface area is 135 Å². The van der Waals surface area contributed by atoms with Crippen LogP contribution in [0.5, 0.6) is 0 Å². The lowest BCUT2D eigenvalue weighted by atomic mass is 10.1. The molecule has 22 heavy (non-hydrogen) atoms. The maximum Gasteiger partial charge on any atom is 0.226 e. The molecule has 3 nitrogen and oxygen atoms in total. The second-order valence-electron chi connectivity index (χ2n) is 6.20. The van der Waals surface area contributed by atoms with Gasteiger partial charge in [0.25, 0.3) is 0 Å². The summed E-state index contributed by atoms with van der Waals surface area (Å²) in [5.74, 6) is -1.14. The van der Waals surface area contributed by atoms with Gasteiger partial charge in [-0.2, -0.15) is 0 Å². The Balaban J connectivity index is 0.00000176. The molecule has 1 aromatic carbocycles. The molecule has 0 radical (unpaired) electrons. The van der Waals surface area contributed by atoms with Crippen LogP contribution in [0.4, 0.5) is 8.78 Å². The molecule has 2 N–H and O–H groups in total. The van der Waals surface area contributed by atoms with E-state index in [1.54, 1.807) is 4.90 Å². The minimum atomic E-state index is -0.595. The van der Waals surface area contributed by atoms with Gasteiger partial charge < -0.3 is 10.6 Å². The van der Waals surface area contributed by atoms with E-state index in [0.717, 1.165) is 31.7 Å². The van der Waals surface area contributed by atoms with Crippen LogP contribution in [-0.2, 0) is 11.3 Å². The maximum absolute atomic E-state index is 13.8. The van der Waals surface area contributed by atoms with Crippen molar-refractivity contribution in [3.63, 3.8) is 0 Å². The molecule has 122 valence electrons. The van der Waals surface area contributed by atoms with Crippen molar-refractivity contribution >= 4 is 18.3 Å². The van der Waals surface area contributed by atoms with Crippen molar-refractivity contribution in [3.05, 3.63) is 35.4 Å². The summed E-state index contributed by atoms with van der Waals surface area (Å²) in [5, 5.41) is 0. The number of nitrogens with two attached hydrogens (primary N) is 1. The molecule has 2 saturated carbocycles. The molecular formula is C16H21ClF2N2O. The van der Waals surface area contributed by atoms with Crippen LogP contribution in [0.2, 0.25) is 0 Å². The summed E-state index contributed by atoms with van der Waals surface area (Å²) < 4.78 is 26.8. The van der Waals surface area contributed by atoms with E-state index in [-0.39, 0.29) is 42.9 Å². The van der Waals surface area contributed by atoms with E-state index in [1.807, 2.05) is 0 Å². The van der Waals surface area contributed by atoms with Crippen molar-refractivity contribution in [2.45, 2.75) is 50.7 Å². The van der Waals surface area contributed by atoms with Crippen molar-refractivity contribution in [2.75, 3.05) is 0 Å². The van der Waals surface area contributed by atoms with Gasteiger partial charge in [0.1, 0.15) is 11.6 Å². The topological polar surface area (TPSA) is 46.3 Å². The first kappa shape index (κ1) is 17.2. The summed E-state index contributed by atoms with van der Waals surface area (Å²) in [7, 11) is 0. The zero-order valence-corrected chi connectivity index (χ0v) is 13.1. The Morgan fingerprint density at radius 2 is 1.95 bits per heavy atom. The molecule has 0 aliphatic heterocycles. The van der Waals surface area contributed by atoms with Crippen LogP contribution in [0.25, 0.3) is 0 Å². The van der Waals surface area contributed by atoms with E-state index in [0.29, 0.717) is 12.0 Å². The maximum atomic E-state index is 13.8. The number of carbonyl (C=O) groups excluding carboxylic acids is 1. The second kappa shape index (κ2) is 6.92. The summed E-state index contributed by atoms with van der Waals surface area (Å²) in [6.07, 6.45) is 4.34. The van der Waals surface area contributed by atoms with Crippen LogP contribution < -0.4 is 5.73 Å². The highest BCUT2D eigenvalue weighted by molar-refractivity contribution is 5.85. The predicted octanol–water partition coefficient (Wildman–Crippen LogP) is 3.01. The summed E-state index contributed by atoms with van der Waals surface area (Å²) in [6.45, 7) is 0.224. The van der Waals surface area contributed by atoms with Gasteiger partial charge in [0.2, 0.25) is 5.91 Å². The Kier molecular flexibility index (Phi) is 5.40. The van der Waals surface area contributed by atoms with Crippen LogP contribution in [0.15, 0.2) is 18.2 Å². The number of benzene rings is 1. The molecule has 2 aliphatic rings. The first-order chi connectivity index (χ1) is 10.0. The van der Waals surface area contributed by atoms with Crippen molar-refractivity contribution < 1.29 is 13.6 Å². The van der Waals surface area contributed by atoms with Gasteiger partial charge in [0.05, 0.1) is 0 Å². The normalized spacial score (nSPS) is 24.0. The van der Waals surface area contributed by atoms with Gasteiger partial charge in [0.15, 0.2) is 0 Å². The van der Waals surface area contributed by atoms with E-state index >= 15 is 0 Å². The lowest BCUT2D eigenvalue weighted by Crippen LogP contribution is -2.37. The van der Waals surface area contributed by atoms with Crippen LogP contribution in [-0.4, -0.2) is 22.9 Å². The summed E-state index contributed by atoms with van der Waals surface area (Å²) in [6, 6.07) is 3.84. The fourth-order valence-corrected chi connectivity index (χ4v) is 3.08. The van der Waals surface area contributed by atoms with Gasteiger partial charge in [-0.25, -0.2) is 8.78 Å². The van der Waals surface area contributed by atoms with E-state index in [1.165, 1.54) is 12.1 Å². The summed E-state index contributed by atoms with van der Waals surface area (Å²) in [4.78, 5) is 14.4. The third-order valence-electron chi connectivity index (χ3n) is 4.45. The molecule has 2 aliphatic carbocycles.